The van der Waals surface area contributed by atoms with Crippen LogP contribution in [0.5, 0.6) is 0 Å². The van der Waals surface area contributed by atoms with Gasteiger partial charge in [-0.25, -0.2) is 4.79 Å². The lowest BCUT2D eigenvalue weighted by Crippen LogP contribution is -2.54. The maximum absolute atomic E-state index is 12.6. The molecule has 178 valence electrons. The molecule has 3 aliphatic heterocycles. The molecule has 6 nitrogen and oxygen atoms in total. The molecule has 3 fully saturated rings. The summed E-state index contributed by atoms with van der Waals surface area (Å²) in [7, 11) is 0. The van der Waals surface area contributed by atoms with Crippen LogP contribution in [0.3, 0.4) is 0 Å². The summed E-state index contributed by atoms with van der Waals surface area (Å²) in [6.45, 7) is 14.2. The monoisotopic (exact) mass is 441 g/mol. The van der Waals surface area contributed by atoms with Crippen molar-refractivity contribution in [1.82, 2.24) is 24.9 Å². The van der Waals surface area contributed by atoms with Crippen LogP contribution in [0.25, 0.3) is 0 Å². The largest absolute Gasteiger partial charge is 0.338 e. The summed E-state index contributed by atoms with van der Waals surface area (Å²) < 4.78 is 0. The molecule has 0 saturated carbocycles. The lowest BCUT2D eigenvalue weighted by Gasteiger charge is -2.42. The fourth-order valence-corrected chi connectivity index (χ4v) is 5.65. The number of benzene rings is 1. The Kier molecular flexibility index (Phi) is 8.83. The SMILES string of the molecule is CCN1CCN(C2CCN(C(=O)NCCC3CCN(Cc4ccccc4)CC3)CC2)CC1. The van der Waals surface area contributed by atoms with Gasteiger partial charge >= 0.3 is 6.03 Å². The molecule has 3 saturated heterocycles. The molecule has 1 N–H and O–H groups in total. The molecule has 2 amide bonds. The minimum absolute atomic E-state index is 0.153. The number of hydrogen-bond donors (Lipinski definition) is 1. The number of nitrogens with one attached hydrogen (secondary N) is 1. The molecular weight excluding hydrogens is 398 g/mol. The maximum Gasteiger partial charge on any atom is 0.317 e. The Labute approximate surface area is 194 Å². The zero-order chi connectivity index (χ0) is 22.2. The molecule has 3 aliphatic rings. The molecule has 0 radical (unpaired) electrons. The van der Waals surface area contributed by atoms with Gasteiger partial charge in [0.25, 0.3) is 0 Å². The normalized spacial score (nSPS) is 22.8. The number of carbonyl (C=O) groups is 1. The summed E-state index contributed by atoms with van der Waals surface area (Å²) in [5, 5.41) is 3.21. The number of urea groups is 1. The molecule has 32 heavy (non-hydrogen) atoms. The predicted molar refractivity (Wildman–Crippen MR) is 131 cm³/mol. The third-order valence-electron chi connectivity index (χ3n) is 7.91. The molecule has 1 aromatic carbocycles. The van der Waals surface area contributed by atoms with Crippen molar-refractivity contribution in [1.29, 1.82) is 0 Å². The second-order valence-electron chi connectivity index (χ2n) is 9.91. The van der Waals surface area contributed by atoms with Gasteiger partial charge in [0.1, 0.15) is 0 Å². The molecule has 0 atom stereocenters. The first kappa shape index (κ1) is 23.5. The summed E-state index contributed by atoms with van der Waals surface area (Å²) >= 11 is 0. The number of nitrogens with zero attached hydrogens (tertiary/aromatic N) is 4. The topological polar surface area (TPSA) is 42.1 Å². The van der Waals surface area contributed by atoms with Crippen molar-refractivity contribution in [3.05, 3.63) is 35.9 Å². The van der Waals surface area contributed by atoms with Crippen LogP contribution >= 0.6 is 0 Å². The second kappa shape index (κ2) is 12.0. The highest BCUT2D eigenvalue weighted by molar-refractivity contribution is 5.74. The number of likely N-dealkylation sites (tertiary alicyclic amines) is 2. The molecular formula is C26H43N5O. The van der Waals surface area contributed by atoms with Gasteiger partial charge in [0, 0.05) is 58.4 Å². The minimum Gasteiger partial charge on any atom is -0.338 e. The molecule has 0 unspecified atom stereocenters. The minimum atomic E-state index is 0.153. The first-order chi connectivity index (χ1) is 15.7. The van der Waals surface area contributed by atoms with Crippen molar-refractivity contribution in [2.75, 3.05) is 65.4 Å². The first-order valence-corrected chi connectivity index (χ1v) is 13.0. The summed E-state index contributed by atoms with van der Waals surface area (Å²) in [6.07, 6.45) is 5.86. The Morgan fingerprint density at radius 1 is 0.875 bits per heavy atom. The van der Waals surface area contributed by atoms with Gasteiger partial charge in [-0.3, -0.25) is 9.80 Å². The van der Waals surface area contributed by atoms with Gasteiger partial charge in [-0.2, -0.15) is 0 Å². The van der Waals surface area contributed by atoms with Gasteiger partial charge in [0.15, 0.2) is 0 Å². The van der Waals surface area contributed by atoms with E-state index in [1.54, 1.807) is 0 Å². The summed E-state index contributed by atoms with van der Waals surface area (Å²) in [5.74, 6) is 0.745. The molecule has 0 spiro atoms. The summed E-state index contributed by atoms with van der Waals surface area (Å²) in [4.78, 5) is 22.4. The third kappa shape index (κ3) is 6.69. The molecule has 4 rings (SSSR count). The Bertz CT molecular complexity index is 675. The first-order valence-electron chi connectivity index (χ1n) is 13.0. The van der Waals surface area contributed by atoms with Crippen molar-refractivity contribution in [3.63, 3.8) is 0 Å². The fourth-order valence-electron chi connectivity index (χ4n) is 5.65. The van der Waals surface area contributed by atoms with Crippen molar-refractivity contribution in [3.8, 4) is 0 Å². The zero-order valence-electron chi connectivity index (χ0n) is 20.1. The van der Waals surface area contributed by atoms with E-state index in [1.165, 1.54) is 64.2 Å². The van der Waals surface area contributed by atoms with E-state index >= 15 is 0 Å². The van der Waals surface area contributed by atoms with E-state index in [1.807, 2.05) is 4.90 Å². The van der Waals surface area contributed by atoms with Crippen LogP contribution in [-0.4, -0.2) is 97.1 Å². The van der Waals surface area contributed by atoms with Crippen LogP contribution in [0.2, 0.25) is 0 Å². The predicted octanol–water partition coefficient (Wildman–Crippen LogP) is 3.10. The highest BCUT2D eigenvalue weighted by Crippen LogP contribution is 2.22. The number of piperazine rings is 1. The number of piperidine rings is 2. The standard InChI is InChI=1S/C26H43N5O/c1-2-28-18-20-30(21-19-28)25-11-16-31(17-12-25)26(32)27-13-8-23-9-14-29(15-10-23)22-24-6-4-3-5-7-24/h3-7,23,25H,2,8-22H2,1H3,(H,27,32). The molecule has 1 aromatic rings. The zero-order valence-corrected chi connectivity index (χ0v) is 20.1. The van der Waals surface area contributed by atoms with Crippen molar-refractivity contribution >= 4 is 6.03 Å². The maximum atomic E-state index is 12.6. The fraction of sp³-hybridized carbons (Fsp3) is 0.731. The average Bonchev–Trinajstić information content (AvgIpc) is 2.86. The second-order valence-corrected chi connectivity index (χ2v) is 9.91. The Balaban J connectivity index is 1.07. The molecule has 0 bridgehead atoms. The lowest BCUT2D eigenvalue weighted by atomic mass is 9.93. The summed E-state index contributed by atoms with van der Waals surface area (Å²) in [6, 6.07) is 11.6. The smallest absolute Gasteiger partial charge is 0.317 e. The number of hydrogen-bond acceptors (Lipinski definition) is 4. The molecule has 0 aromatic heterocycles. The van der Waals surface area contributed by atoms with Crippen LogP contribution in [-0.2, 0) is 6.54 Å². The molecule has 6 heteroatoms. The molecule has 3 heterocycles. The van der Waals surface area contributed by atoms with E-state index in [2.05, 4.69) is 57.3 Å². The number of amides is 2. The van der Waals surface area contributed by atoms with E-state index in [-0.39, 0.29) is 6.03 Å². The van der Waals surface area contributed by atoms with E-state index in [9.17, 15) is 4.79 Å². The average molecular weight is 442 g/mol. The van der Waals surface area contributed by atoms with Gasteiger partial charge in [0.2, 0.25) is 0 Å². The van der Waals surface area contributed by atoms with Gasteiger partial charge in [0.05, 0.1) is 0 Å². The van der Waals surface area contributed by atoms with Crippen molar-refractivity contribution in [2.45, 2.75) is 51.6 Å². The van der Waals surface area contributed by atoms with Crippen LogP contribution < -0.4 is 5.32 Å². The highest BCUT2D eigenvalue weighted by atomic mass is 16.2. The van der Waals surface area contributed by atoms with Gasteiger partial charge in [-0.1, -0.05) is 37.3 Å². The van der Waals surface area contributed by atoms with Crippen LogP contribution in [0.15, 0.2) is 30.3 Å². The van der Waals surface area contributed by atoms with Crippen LogP contribution in [0.4, 0.5) is 4.79 Å². The Hall–Kier alpha value is -1.63. The van der Waals surface area contributed by atoms with E-state index in [0.717, 1.165) is 51.4 Å². The van der Waals surface area contributed by atoms with E-state index in [0.29, 0.717) is 6.04 Å². The van der Waals surface area contributed by atoms with E-state index < -0.39 is 0 Å². The number of rotatable bonds is 7. The van der Waals surface area contributed by atoms with Crippen LogP contribution in [0.1, 0.15) is 44.6 Å². The van der Waals surface area contributed by atoms with E-state index in [4.69, 9.17) is 0 Å². The number of likely N-dealkylation sites (N-methyl/N-ethyl adjacent to an activating group) is 1. The Morgan fingerprint density at radius 3 is 2.22 bits per heavy atom. The van der Waals surface area contributed by atoms with Gasteiger partial charge in [-0.15, -0.1) is 0 Å². The van der Waals surface area contributed by atoms with Gasteiger partial charge < -0.3 is 15.1 Å². The number of carbonyl (C=O) groups excluding carboxylic acids is 1. The van der Waals surface area contributed by atoms with Crippen molar-refractivity contribution < 1.29 is 4.79 Å². The highest BCUT2D eigenvalue weighted by Gasteiger charge is 2.29. The van der Waals surface area contributed by atoms with Crippen molar-refractivity contribution in [2.24, 2.45) is 5.92 Å². The molecule has 0 aliphatic carbocycles. The van der Waals surface area contributed by atoms with Crippen LogP contribution in [0, 0.1) is 5.92 Å². The summed E-state index contributed by atoms with van der Waals surface area (Å²) in [5.41, 5.74) is 1.41. The van der Waals surface area contributed by atoms with Gasteiger partial charge in [-0.05, 0) is 63.2 Å². The lowest BCUT2D eigenvalue weighted by molar-refractivity contribution is 0.0675. The third-order valence-corrected chi connectivity index (χ3v) is 7.91. The Morgan fingerprint density at radius 2 is 1.56 bits per heavy atom. The quantitative estimate of drug-likeness (QED) is 0.706.